The Hall–Kier alpha value is 0.110. The van der Waals surface area contributed by atoms with Gasteiger partial charge in [-0.15, -0.1) is 0 Å². The largest absolute Gasteiger partial charge is 0.243 e. The van der Waals surface area contributed by atoms with Gasteiger partial charge in [-0.1, -0.05) is 20.3 Å². The zero-order valence-electron chi connectivity index (χ0n) is 8.30. The van der Waals surface area contributed by atoms with Gasteiger partial charge >= 0.3 is 0 Å². The van der Waals surface area contributed by atoms with Gasteiger partial charge in [0.1, 0.15) is 0 Å². The highest BCUT2D eigenvalue weighted by Crippen LogP contribution is 2.26. The molecular weight excluding hydrogens is 170 g/mol. The third-order valence-electron chi connectivity index (χ3n) is 2.42. The maximum absolute atomic E-state index is 11.5. The van der Waals surface area contributed by atoms with Gasteiger partial charge in [0.05, 0.1) is 11.0 Å². The summed E-state index contributed by atoms with van der Waals surface area (Å²) >= 11 is 0. The maximum atomic E-state index is 11.5. The second kappa shape index (κ2) is 3.88. The van der Waals surface area contributed by atoms with E-state index in [1.165, 1.54) is 12.8 Å². The molecule has 0 N–H and O–H groups in total. The molecule has 0 aromatic carbocycles. The van der Waals surface area contributed by atoms with Crippen LogP contribution in [-0.4, -0.2) is 27.9 Å². The SMILES string of the molecule is CN1CC(C)(C)CCCCS1=O. The minimum absolute atomic E-state index is 0.338. The summed E-state index contributed by atoms with van der Waals surface area (Å²) in [4.78, 5) is 0. The minimum atomic E-state index is -0.727. The van der Waals surface area contributed by atoms with Gasteiger partial charge < -0.3 is 0 Å². The third kappa shape index (κ3) is 2.87. The molecule has 0 saturated carbocycles. The molecule has 2 nitrogen and oxygen atoms in total. The van der Waals surface area contributed by atoms with Crippen LogP contribution in [-0.2, 0) is 11.0 Å². The van der Waals surface area contributed by atoms with Crippen LogP contribution in [0.1, 0.15) is 33.1 Å². The van der Waals surface area contributed by atoms with Crippen molar-refractivity contribution in [3.63, 3.8) is 0 Å². The van der Waals surface area contributed by atoms with Crippen LogP contribution in [0.15, 0.2) is 0 Å². The van der Waals surface area contributed by atoms with Gasteiger partial charge in [-0.05, 0) is 25.3 Å². The summed E-state index contributed by atoms with van der Waals surface area (Å²) in [5.74, 6) is 0.854. The summed E-state index contributed by atoms with van der Waals surface area (Å²) in [5, 5.41) is 0. The molecular formula is C9H19NOS. The Morgan fingerprint density at radius 1 is 1.33 bits per heavy atom. The van der Waals surface area contributed by atoms with E-state index in [0.717, 1.165) is 18.7 Å². The summed E-state index contributed by atoms with van der Waals surface area (Å²) < 4.78 is 13.5. The first kappa shape index (κ1) is 10.2. The molecule has 0 spiro atoms. The summed E-state index contributed by atoms with van der Waals surface area (Å²) in [6.07, 6.45) is 3.60. The molecule has 1 saturated heterocycles. The van der Waals surface area contributed by atoms with Crippen molar-refractivity contribution >= 4 is 11.0 Å². The van der Waals surface area contributed by atoms with E-state index in [0.29, 0.717) is 5.41 Å². The van der Waals surface area contributed by atoms with E-state index in [1.807, 2.05) is 11.4 Å². The molecule has 1 rings (SSSR count). The predicted octanol–water partition coefficient (Wildman–Crippen LogP) is 1.79. The molecule has 1 atom stereocenters. The van der Waals surface area contributed by atoms with Crippen molar-refractivity contribution in [2.24, 2.45) is 5.41 Å². The topological polar surface area (TPSA) is 20.3 Å². The van der Waals surface area contributed by atoms with E-state index in [1.54, 1.807) is 0 Å². The lowest BCUT2D eigenvalue weighted by atomic mass is 9.87. The zero-order valence-corrected chi connectivity index (χ0v) is 9.12. The zero-order chi connectivity index (χ0) is 9.19. The van der Waals surface area contributed by atoms with Crippen molar-refractivity contribution in [2.45, 2.75) is 33.1 Å². The van der Waals surface area contributed by atoms with Crippen LogP contribution in [0, 0.1) is 5.41 Å². The lowest BCUT2D eigenvalue weighted by Gasteiger charge is -2.31. The van der Waals surface area contributed by atoms with Gasteiger partial charge in [0.25, 0.3) is 0 Å². The fraction of sp³-hybridized carbons (Fsp3) is 1.00. The van der Waals surface area contributed by atoms with Gasteiger partial charge in [-0.25, -0.2) is 8.51 Å². The predicted molar refractivity (Wildman–Crippen MR) is 53.3 cm³/mol. The van der Waals surface area contributed by atoms with Crippen LogP contribution in [0.3, 0.4) is 0 Å². The van der Waals surface area contributed by atoms with E-state index in [9.17, 15) is 4.21 Å². The average molecular weight is 189 g/mol. The molecule has 0 radical (unpaired) electrons. The molecule has 72 valence electrons. The Balaban J connectivity index is 2.59. The van der Waals surface area contributed by atoms with Crippen LogP contribution >= 0.6 is 0 Å². The summed E-state index contributed by atoms with van der Waals surface area (Å²) in [6, 6.07) is 0. The Morgan fingerprint density at radius 2 is 2.00 bits per heavy atom. The number of hydrogen-bond acceptors (Lipinski definition) is 1. The molecule has 1 heterocycles. The molecule has 0 aromatic heterocycles. The Labute approximate surface area is 77.9 Å². The Bertz CT molecular complexity index is 179. The lowest BCUT2D eigenvalue weighted by Crippen LogP contribution is -2.35. The first-order chi connectivity index (χ1) is 5.51. The first-order valence-electron chi connectivity index (χ1n) is 4.61. The summed E-state index contributed by atoms with van der Waals surface area (Å²) in [7, 11) is 1.23. The molecule has 12 heavy (non-hydrogen) atoms. The minimum Gasteiger partial charge on any atom is -0.243 e. The highest BCUT2D eigenvalue weighted by atomic mass is 32.2. The second-order valence-electron chi connectivity index (χ2n) is 4.43. The van der Waals surface area contributed by atoms with Crippen molar-refractivity contribution in [3.8, 4) is 0 Å². The quantitative estimate of drug-likeness (QED) is 0.569. The van der Waals surface area contributed by atoms with E-state index in [4.69, 9.17) is 0 Å². The van der Waals surface area contributed by atoms with Crippen molar-refractivity contribution < 1.29 is 4.21 Å². The fourth-order valence-electron chi connectivity index (χ4n) is 1.74. The molecule has 0 bridgehead atoms. The molecule has 0 amide bonds. The van der Waals surface area contributed by atoms with E-state index in [-0.39, 0.29) is 0 Å². The van der Waals surface area contributed by atoms with E-state index < -0.39 is 11.0 Å². The molecule has 1 aliphatic heterocycles. The van der Waals surface area contributed by atoms with Crippen molar-refractivity contribution in [1.82, 2.24) is 4.31 Å². The summed E-state index contributed by atoms with van der Waals surface area (Å²) in [5.41, 5.74) is 0.338. The van der Waals surface area contributed by atoms with Crippen LogP contribution in [0.25, 0.3) is 0 Å². The van der Waals surface area contributed by atoms with Gasteiger partial charge in [-0.2, -0.15) is 0 Å². The Kier molecular flexibility index (Phi) is 3.29. The summed E-state index contributed by atoms with van der Waals surface area (Å²) in [6.45, 7) is 5.47. The average Bonchev–Trinajstić information content (AvgIpc) is 1.95. The fourth-order valence-corrected chi connectivity index (χ4v) is 2.99. The first-order valence-corrected chi connectivity index (χ1v) is 5.88. The van der Waals surface area contributed by atoms with Crippen LogP contribution in [0.4, 0.5) is 0 Å². The Morgan fingerprint density at radius 3 is 2.67 bits per heavy atom. The van der Waals surface area contributed by atoms with Gasteiger partial charge in [0.15, 0.2) is 0 Å². The number of hydrogen-bond donors (Lipinski definition) is 0. The lowest BCUT2D eigenvalue weighted by molar-refractivity contribution is 0.257. The van der Waals surface area contributed by atoms with Crippen molar-refractivity contribution in [3.05, 3.63) is 0 Å². The van der Waals surface area contributed by atoms with Crippen molar-refractivity contribution in [2.75, 3.05) is 19.3 Å². The standard InChI is InChI=1S/C9H19NOS/c1-9(2)6-4-5-7-12(11)10(3)8-9/h4-8H2,1-3H3. The highest BCUT2D eigenvalue weighted by molar-refractivity contribution is 7.82. The van der Waals surface area contributed by atoms with Gasteiger partial charge in [0, 0.05) is 12.3 Å². The molecule has 0 aliphatic carbocycles. The molecule has 3 heteroatoms. The van der Waals surface area contributed by atoms with Crippen LogP contribution in [0.5, 0.6) is 0 Å². The highest BCUT2D eigenvalue weighted by Gasteiger charge is 2.24. The maximum Gasteiger partial charge on any atom is 0.0940 e. The van der Waals surface area contributed by atoms with Crippen molar-refractivity contribution in [1.29, 1.82) is 0 Å². The molecule has 1 fully saturated rings. The molecule has 1 unspecified atom stereocenters. The third-order valence-corrected chi connectivity index (χ3v) is 3.88. The molecule has 1 aliphatic rings. The van der Waals surface area contributed by atoms with E-state index >= 15 is 0 Å². The monoisotopic (exact) mass is 189 g/mol. The smallest absolute Gasteiger partial charge is 0.0940 e. The van der Waals surface area contributed by atoms with Gasteiger partial charge in [0.2, 0.25) is 0 Å². The number of nitrogens with zero attached hydrogens (tertiary/aromatic N) is 1. The van der Waals surface area contributed by atoms with Crippen LogP contribution in [0.2, 0.25) is 0 Å². The molecule has 0 aromatic rings. The van der Waals surface area contributed by atoms with E-state index in [2.05, 4.69) is 13.8 Å². The second-order valence-corrected chi connectivity index (χ2v) is 6.11. The van der Waals surface area contributed by atoms with Crippen LogP contribution < -0.4 is 0 Å². The normalized spacial score (nSPS) is 32.4. The van der Waals surface area contributed by atoms with Gasteiger partial charge in [-0.3, -0.25) is 0 Å². The number of rotatable bonds is 0.